The van der Waals surface area contributed by atoms with Gasteiger partial charge in [-0.25, -0.2) is 4.52 Å². The van der Waals surface area contributed by atoms with Crippen LogP contribution in [0.5, 0.6) is 0 Å². The highest BCUT2D eigenvalue weighted by atomic mass is 16.5. The second-order valence-electron chi connectivity index (χ2n) is 8.87. The molecule has 0 aromatic carbocycles. The summed E-state index contributed by atoms with van der Waals surface area (Å²) in [6.07, 6.45) is 5.97. The molecule has 3 heterocycles. The number of esters is 1. The Bertz CT molecular complexity index is 1250. The molecule has 1 aliphatic rings. The molecule has 0 saturated heterocycles. The van der Waals surface area contributed by atoms with Crippen LogP contribution in [0, 0.1) is 17.2 Å². The molecule has 0 spiro atoms. The van der Waals surface area contributed by atoms with Crippen molar-refractivity contribution in [3.05, 3.63) is 47.8 Å². The monoisotopic (exact) mass is 460 g/mol. The van der Waals surface area contributed by atoms with Crippen molar-refractivity contribution in [1.29, 1.82) is 5.26 Å². The minimum Gasteiger partial charge on any atom is -0.469 e. The molecule has 0 unspecified atom stereocenters. The number of fused-ring (bicyclic) bond motifs is 1. The Hall–Kier alpha value is -3.93. The summed E-state index contributed by atoms with van der Waals surface area (Å²) in [5, 5.41) is 19.9. The van der Waals surface area contributed by atoms with Crippen LogP contribution in [0.1, 0.15) is 55.5 Å². The number of methoxy groups -OCH3 is 1. The summed E-state index contributed by atoms with van der Waals surface area (Å²) >= 11 is 0. The number of pyridine rings is 1. The third kappa shape index (κ3) is 4.86. The lowest BCUT2D eigenvalue weighted by molar-refractivity contribution is -0.146. The minimum atomic E-state index is -0.194. The number of hydrogen-bond acceptors (Lipinski definition) is 7. The normalized spacial score (nSPS) is 17.9. The summed E-state index contributed by atoms with van der Waals surface area (Å²) in [5.41, 5.74) is 3.85. The van der Waals surface area contributed by atoms with Gasteiger partial charge in [-0.3, -0.25) is 14.6 Å². The van der Waals surface area contributed by atoms with E-state index < -0.39 is 0 Å². The first kappa shape index (κ1) is 23.2. The zero-order valence-electron chi connectivity index (χ0n) is 19.5. The molecule has 4 rings (SSSR count). The first-order valence-corrected chi connectivity index (χ1v) is 11.4. The summed E-state index contributed by atoms with van der Waals surface area (Å²) in [5.74, 6) is -0.461. The number of carbonyl (C=O) groups is 2. The molecule has 0 aliphatic heterocycles. The molecule has 34 heavy (non-hydrogen) atoms. The predicted octanol–water partition coefficient (Wildman–Crippen LogP) is 3.55. The third-order valence-electron chi connectivity index (χ3n) is 6.08. The lowest BCUT2D eigenvalue weighted by Gasteiger charge is -2.28. The van der Waals surface area contributed by atoms with E-state index in [1.165, 1.54) is 13.3 Å². The number of nitrogens with one attached hydrogen (secondary N) is 2. The Balaban J connectivity index is 1.56. The molecule has 0 bridgehead atoms. The Morgan fingerprint density at radius 3 is 2.62 bits per heavy atom. The van der Waals surface area contributed by atoms with Crippen molar-refractivity contribution in [3.63, 3.8) is 0 Å². The molecule has 1 aliphatic carbocycles. The topological polar surface area (TPSA) is 121 Å². The largest absolute Gasteiger partial charge is 0.469 e. The molecular weight excluding hydrogens is 432 g/mol. The van der Waals surface area contributed by atoms with Crippen LogP contribution in [0.3, 0.4) is 0 Å². The molecule has 1 amide bonds. The fourth-order valence-corrected chi connectivity index (χ4v) is 4.36. The van der Waals surface area contributed by atoms with Crippen LogP contribution in [0.4, 0.5) is 5.69 Å². The highest BCUT2D eigenvalue weighted by Crippen LogP contribution is 2.28. The number of rotatable bonds is 6. The molecule has 1 fully saturated rings. The van der Waals surface area contributed by atoms with Crippen LogP contribution in [0.25, 0.3) is 16.9 Å². The average molecular weight is 461 g/mol. The zero-order valence-corrected chi connectivity index (χ0v) is 19.5. The van der Waals surface area contributed by atoms with Crippen molar-refractivity contribution >= 4 is 23.1 Å². The quantitative estimate of drug-likeness (QED) is 0.540. The van der Waals surface area contributed by atoms with Crippen LogP contribution in [0.2, 0.25) is 0 Å². The molecule has 0 radical (unpaired) electrons. The number of nitrogens with zero attached hydrogens (tertiary/aromatic N) is 4. The standard InChI is InChI=1S/C25H28N6O3/c1-15(2)29-21-11-22(23-9-8-19-10-16(12-26)13-28-31(19)23)27-14-20(21)24(32)30-18-6-4-17(5-7-18)25(33)34-3/h8-11,13-15,17-18H,4-7H2,1-3H3,(H,27,29)(H,30,32). The summed E-state index contributed by atoms with van der Waals surface area (Å²) < 4.78 is 6.57. The van der Waals surface area contributed by atoms with E-state index in [-0.39, 0.29) is 29.9 Å². The maximum atomic E-state index is 13.1. The van der Waals surface area contributed by atoms with Crippen LogP contribution in [-0.4, -0.2) is 45.7 Å². The summed E-state index contributed by atoms with van der Waals surface area (Å²) in [4.78, 5) is 29.5. The molecule has 9 nitrogen and oxygen atoms in total. The van der Waals surface area contributed by atoms with E-state index in [9.17, 15) is 9.59 Å². The first-order valence-electron chi connectivity index (χ1n) is 11.4. The number of carbonyl (C=O) groups excluding carboxylic acids is 2. The van der Waals surface area contributed by atoms with E-state index in [0.29, 0.717) is 35.3 Å². The number of ether oxygens (including phenoxy) is 1. The Morgan fingerprint density at radius 2 is 1.94 bits per heavy atom. The Kier molecular flexibility index (Phi) is 6.77. The van der Waals surface area contributed by atoms with Gasteiger partial charge in [0.25, 0.3) is 5.91 Å². The van der Waals surface area contributed by atoms with E-state index >= 15 is 0 Å². The molecule has 0 atom stereocenters. The van der Waals surface area contributed by atoms with Gasteiger partial charge in [-0.2, -0.15) is 10.4 Å². The molecular formula is C25H28N6O3. The average Bonchev–Trinajstić information content (AvgIpc) is 3.26. The van der Waals surface area contributed by atoms with Gasteiger partial charge in [-0.15, -0.1) is 0 Å². The summed E-state index contributed by atoms with van der Waals surface area (Å²) in [6, 6.07) is 9.60. The molecule has 3 aromatic heterocycles. The number of hydrogen-bond donors (Lipinski definition) is 2. The fraction of sp³-hybridized carbons (Fsp3) is 0.400. The summed E-state index contributed by atoms with van der Waals surface area (Å²) in [6.45, 7) is 4.01. The molecule has 1 saturated carbocycles. The van der Waals surface area contributed by atoms with Crippen molar-refractivity contribution in [2.45, 2.75) is 51.6 Å². The third-order valence-corrected chi connectivity index (χ3v) is 6.08. The second-order valence-corrected chi connectivity index (χ2v) is 8.87. The van der Waals surface area contributed by atoms with E-state index in [0.717, 1.165) is 24.1 Å². The Labute approximate surface area is 198 Å². The predicted molar refractivity (Wildman–Crippen MR) is 127 cm³/mol. The van der Waals surface area contributed by atoms with Gasteiger partial charge >= 0.3 is 5.97 Å². The van der Waals surface area contributed by atoms with Gasteiger partial charge in [0.15, 0.2) is 0 Å². The SMILES string of the molecule is COC(=O)C1CCC(NC(=O)c2cnc(-c3ccc4cc(C#N)cnn34)cc2NC(C)C)CC1. The van der Waals surface area contributed by atoms with Crippen molar-refractivity contribution in [1.82, 2.24) is 19.9 Å². The number of amides is 1. The molecule has 9 heteroatoms. The minimum absolute atomic E-state index is 0.00749. The lowest BCUT2D eigenvalue weighted by atomic mass is 9.86. The van der Waals surface area contributed by atoms with Gasteiger partial charge in [-0.1, -0.05) is 0 Å². The first-order chi connectivity index (χ1) is 16.4. The highest BCUT2D eigenvalue weighted by Gasteiger charge is 2.28. The van der Waals surface area contributed by atoms with Gasteiger partial charge in [0.05, 0.1) is 52.9 Å². The molecule has 2 N–H and O–H groups in total. The van der Waals surface area contributed by atoms with Gasteiger partial charge in [0.1, 0.15) is 6.07 Å². The van der Waals surface area contributed by atoms with E-state index in [2.05, 4.69) is 26.8 Å². The molecule has 176 valence electrons. The maximum absolute atomic E-state index is 13.1. The number of anilines is 1. The van der Waals surface area contributed by atoms with Crippen molar-refractivity contribution in [3.8, 4) is 17.5 Å². The molecule has 3 aromatic rings. The van der Waals surface area contributed by atoms with Crippen LogP contribution >= 0.6 is 0 Å². The van der Waals surface area contributed by atoms with Crippen molar-refractivity contribution < 1.29 is 14.3 Å². The maximum Gasteiger partial charge on any atom is 0.308 e. The van der Waals surface area contributed by atoms with E-state index in [1.54, 1.807) is 16.8 Å². The lowest BCUT2D eigenvalue weighted by Crippen LogP contribution is -2.39. The number of nitriles is 1. The summed E-state index contributed by atoms with van der Waals surface area (Å²) in [7, 11) is 1.41. The zero-order chi connectivity index (χ0) is 24.2. The second kappa shape index (κ2) is 9.91. The van der Waals surface area contributed by atoms with Gasteiger partial charge in [0, 0.05) is 18.3 Å². The fourth-order valence-electron chi connectivity index (χ4n) is 4.36. The van der Waals surface area contributed by atoms with Crippen molar-refractivity contribution in [2.75, 3.05) is 12.4 Å². The van der Waals surface area contributed by atoms with E-state index in [1.807, 2.05) is 32.0 Å². The van der Waals surface area contributed by atoms with Gasteiger partial charge in [-0.05, 0) is 63.8 Å². The van der Waals surface area contributed by atoms with Crippen LogP contribution in [-0.2, 0) is 9.53 Å². The van der Waals surface area contributed by atoms with Crippen LogP contribution < -0.4 is 10.6 Å². The smallest absolute Gasteiger partial charge is 0.308 e. The van der Waals surface area contributed by atoms with Crippen molar-refractivity contribution in [2.24, 2.45) is 5.92 Å². The van der Waals surface area contributed by atoms with Gasteiger partial charge < -0.3 is 15.4 Å². The Morgan fingerprint density at radius 1 is 1.18 bits per heavy atom. The van der Waals surface area contributed by atoms with E-state index in [4.69, 9.17) is 10.00 Å². The highest BCUT2D eigenvalue weighted by molar-refractivity contribution is 6.00. The van der Waals surface area contributed by atoms with Gasteiger partial charge in [0.2, 0.25) is 0 Å². The van der Waals surface area contributed by atoms with Crippen LogP contribution in [0.15, 0.2) is 36.7 Å². The number of aromatic nitrogens is 3.